The van der Waals surface area contributed by atoms with Gasteiger partial charge < -0.3 is 35.0 Å². The van der Waals surface area contributed by atoms with Gasteiger partial charge in [0.05, 0.1) is 32.3 Å². The molecule has 1 saturated heterocycles. The molecular weight excluding hydrogens is 663 g/mol. The molecule has 0 saturated carbocycles. The lowest BCUT2D eigenvalue weighted by Gasteiger charge is -2.20. The summed E-state index contributed by atoms with van der Waals surface area (Å²) in [6.45, 7) is -0.847. The van der Waals surface area contributed by atoms with Crippen LogP contribution >= 0.6 is 23.5 Å². The van der Waals surface area contributed by atoms with E-state index in [4.69, 9.17) is 15.2 Å². The Labute approximate surface area is 244 Å². The van der Waals surface area contributed by atoms with Gasteiger partial charge in [-0.1, -0.05) is 0 Å². The van der Waals surface area contributed by atoms with Gasteiger partial charge in [0.2, 0.25) is 5.95 Å². The first-order chi connectivity index (χ1) is 20.5. The molecule has 0 spiro atoms. The third-order valence-corrected chi connectivity index (χ3v) is 9.97. The molecule has 244 valence electrons. The third kappa shape index (κ3) is 8.64. The van der Waals surface area contributed by atoms with Gasteiger partial charge in [0.25, 0.3) is 11.1 Å². The molecule has 0 aliphatic carbocycles. The zero-order chi connectivity index (χ0) is 32.4. The van der Waals surface area contributed by atoms with Gasteiger partial charge in [0, 0.05) is 18.2 Å². The lowest BCUT2D eigenvalue weighted by Crippen LogP contribution is -2.33. The highest BCUT2D eigenvalue weighted by atomic mass is 31.3. The van der Waals surface area contributed by atoms with Crippen LogP contribution in [0.4, 0.5) is 5.95 Å². The SMILES string of the molecule is Cc1cn([C@H]2C[C@H](O)[C@@H](COP(=O)(O)OP(=O)(O)OP(=O)(O)OCCOCn3cnc4c(=O)[nH]c(N)nc43)O2)c(=O)[nH]c1=O. The molecule has 1 aliphatic rings. The number of ether oxygens (including phenoxy) is 2. The number of nitrogens with two attached hydrogens (primary N) is 1. The molecule has 0 radical (unpaired) electrons. The number of rotatable bonds is 14. The lowest BCUT2D eigenvalue weighted by atomic mass is 10.2. The number of fused-ring (bicyclic) bond motifs is 1. The molecule has 26 heteroatoms. The Balaban J connectivity index is 1.23. The number of nitrogens with zero attached hydrogens (tertiary/aromatic N) is 4. The van der Waals surface area contributed by atoms with Crippen molar-refractivity contribution in [1.82, 2.24) is 29.1 Å². The van der Waals surface area contributed by atoms with E-state index >= 15 is 0 Å². The van der Waals surface area contributed by atoms with E-state index < -0.39 is 78.5 Å². The number of aromatic nitrogens is 6. The van der Waals surface area contributed by atoms with E-state index in [9.17, 15) is 47.9 Å². The minimum Gasteiger partial charge on any atom is -0.390 e. The summed E-state index contributed by atoms with van der Waals surface area (Å²) < 4.78 is 66.3. The van der Waals surface area contributed by atoms with Crippen LogP contribution in [0.5, 0.6) is 0 Å². The second-order valence-electron chi connectivity index (χ2n) is 8.98. The standard InChI is InChI=1S/C18H26N7O16P3/c1-9-5-25(18(29)23-15(9)27)12-4-10(26)11(39-12)6-38-43(32,33)41-44(34,35)40-42(30,31)37-3-2-36-8-24-7-20-13-14(24)21-17(19)22-16(13)28/h5,7,10-12,26H,2-4,6,8H2,1H3,(H,30,31)(H,32,33)(H,34,35)(H,23,27,29)(H3,19,21,22,28)/t10-,11+,12+/m0/s1. The van der Waals surface area contributed by atoms with Gasteiger partial charge in [-0.3, -0.25) is 37.7 Å². The second-order valence-corrected chi connectivity index (χ2v) is 13.6. The summed E-state index contributed by atoms with van der Waals surface area (Å²) in [5.41, 5.74) is 3.65. The third-order valence-electron chi connectivity index (χ3n) is 5.68. The van der Waals surface area contributed by atoms with Crippen molar-refractivity contribution < 1.29 is 60.6 Å². The summed E-state index contributed by atoms with van der Waals surface area (Å²) >= 11 is 0. The van der Waals surface area contributed by atoms with Crippen molar-refractivity contribution >= 4 is 40.6 Å². The van der Waals surface area contributed by atoms with Gasteiger partial charge in [0.15, 0.2) is 11.2 Å². The maximum absolute atomic E-state index is 12.2. The van der Waals surface area contributed by atoms with Crippen molar-refractivity contribution in [3.63, 3.8) is 0 Å². The van der Waals surface area contributed by atoms with E-state index in [0.717, 1.165) is 4.57 Å². The fraction of sp³-hybridized carbons (Fsp3) is 0.500. The molecule has 4 rings (SSSR count). The van der Waals surface area contributed by atoms with E-state index in [1.165, 1.54) is 24.0 Å². The van der Waals surface area contributed by atoms with Crippen LogP contribution in [0.3, 0.4) is 0 Å². The zero-order valence-electron chi connectivity index (χ0n) is 22.3. The molecule has 1 aliphatic heterocycles. The molecule has 0 amide bonds. The number of nitrogens with one attached hydrogen (secondary N) is 2. The lowest BCUT2D eigenvalue weighted by molar-refractivity contribution is -0.0450. The van der Waals surface area contributed by atoms with Crippen molar-refractivity contribution in [2.24, 2.45) is 0 Å². The van der Waals surface area contributed by atoms with Gasteiger partial charge >= 0.3 is 29.2 Å². The second kappa shape index (κ2) is 13.2. The number of phosphoric ester groups is 2. The quantitative estimate of drug-likeness (QED) is 0.0751. The molecule has 3 aromatic rings. The van der Waals surface area contributed by atoms with Crippen molar-refractivity contribution in [1.29, 1.82) is 0 Å². The molecule has 0 bridgehead atoms. The predicted octanol–water partition coefficient (Wildman–Crippen LogP) is -1.45. The molecule has 23 nitrogen and oxygen atoms in total. The Hall–Kier alpha value is -2.88. The van der Waals surface area contributed by atoms with E-state index in [1.807, 2.05) is 4.98 Å². The monoisotopic (exact) mass is 689 g/mol. The Morgan fingerprint density at radius 3 is 2.43 bits per heavy atom. The summed E-state index contributed by atoms with van der Waals surface area (Å²) in [6.07, 6.45) is -1.60. The minimum atomic E-state index is -5.79. The number of hydrogen-bond donors (Lipinski definition) is 7. The average molecular weight is 689 g/mol. The number of imidazole rings is 1. The van der Waals surface area contributed by atoms with Crippen molar-refractivity contribution in [2.45, 2.75) is 38.5 Å². The zero-order valence-corrected chi connectivity index (χ0v) is 25.0. The Morgan fingerprint density at radius 1 is 1.05 bits per heavy atom. The van der Waals surface area contributed by atoms with Gasteiger partial charge in [-0.15, -0.1) is 0 Å². The number of H-pyrrole nitrogens is 2. The van der Waals surface area contributed by atoms with Crippen molar-refractivity contribution in [3.05, 3.63) is 49.3 Å². The number of nitrogen functional groups attached to an aromatic ring is 1. The normalized spacial score (nSPS) is 22.9. The van der Waals surface area contributed by atoms with Gasteiger partial charge in [-0.05, 0) is 6.92 Å². The molecule has 8 N–H and O–H groups in total. The van der Waals surface area contributed by atoms with Crippen molar-refractivity contribution in [2.75, 3.05) is 25.6 Å². The summed E-state index contributed by atoms with van der Waals surface area (Å²) in [5, 5.41) is 10.2. The number of anilines is 1. The van der Waals surface area contributed by atoms with Crippen LogP contribution in [0.25, 0.3) is 11.2 Å². The van der Waals surface area contributed by atoms with E-state index in [1.54, 1.807) is 0 Å². The first-order valence-corrected chi connectivity index (χ1v) is 16.6. The number of aliphatic hydroxyl groups excluding tert-OH is 1. The molecule has 1 fully saturated rings. The smallest absolute Gasteiger partial charge is 0.390 e. The van der Waals surface area contributed by atoms with Crippen molar-refractivity contribution in [3.8, 4) is 0 Å². The summed E-state index contributed by atoms with van der Waals surface area (Å²) in [6, 6.07) is 0. The largest absolute Gasteiger partial charge is 0.490 e. The van der Waals surface area contributed by atoms with Crippen LogP contribution in [0.2, 0.25) is 0 Å². The van der Waals surface area contributed by atoms with Crippen LogP contribution in [0.15, 0.2) is 26.9 Å². The fourth-order valence-corrected chi connectivity index (χ4v) is 7.26. The molecule has 6 atom stereocenters. The molecule has 4 heterocycles. The van der Waals surface area contributed by atoms with Crippen LogP contribution in [0.1, 0.15) is 18.2 Å². The van der Waals surface area contributed by atoms with Crippen LogP contribution in [-0.2, 0) is 47.6 Å². The number of aryl methyl sites for hydroxylation is 1. The Morgan fingerprint density at radius 2 is 1.73 bits per heavy atom. The molecule has 44 heavy (non-hydrogen) atoms. The highest BCUT2D eigenvalue weighted by Crippen LogP contribution is 2.67. The number of aliphatic hydroxyl groups is 1. The Kier molecular flexibility index (Phi) is 10.2. The van der Waals surface area contributed by atoms with E-state index in [2.05, 4.69) is 32.6 Å². The highest BCUT2D eigenvalue weighted by molar-refractivity contribution is 7.66. The molecule has 3 aromatic heterocycles. The number of hydrogen-bond acceptors (Lipinski definition) is 16. The van der Waals surface area contributed by atoms with Crippen LogP contribution in [0, 0.1) is 6.92 Å². The average Bonchev–Trinajstić information content (AvgIpc) is 3.46. The number of aromatic amines is 2. The maximum atomic E-state index is 12.2. The summed E-state index contributed by atoms with van der Waals surface area (Å²) in [7, 11) is -16.7. The fourth-order valence-electron chi connectivity index (χ4n) is 3.77. The highest BCUT2D eigenvalue weighted by Gasteiger charge is 2.44. The Bertz CT molecular complexity index is 1840. The molecule has 3 unspecified atom stereocenters. The first-order valence-electron chi connectivity index (χ1n) is 12.1. The predicted molar refractivity (Wildman–Crippen MR) is 143 cm³/mol. The van der Waals surface area contributed by atoms with Gasteiger partial charge in [0.1, 0.15) is 19.1 Å². The van der Waals surface area contributed by atoms with Crippen LogP contribution < -0.4 is 22.5 Å². The first kappa shape index (κ1) is 34.0. The topological polar surface area (TPSA) is 332 Å². The molecule has 0 aromatic carbocycles. The maximum Gasteiger partial charge on any atom is 0.490 e. The van der Waals surface area contributed by atoms with E-state index in [-0.39, 0.29) is 35.8 Å². The van der Waals surface area contributed by atoms with Gasteiger partial charge in [-0.2, -0.15) is 13.6 Å². The summed E-state index contributed by atoms with van der Waals surface area (Å²) in [4.78, 5) is 76.7. The van der Waals surface area contributed by atoms with Gasteiger partial charge in [-0.25, -0.2) is 23.5 Å². The van der Waals surface area contributed by atoms with Crippen LogP contribution in [-0.4, -0.2) is 80.9 Å². The molecular formula is C18H26N7O16P3. The number of phosphoric acid groups is 3. The summed E-state index contributed by atoms with van der Waals surface area (Å²) in [5.74, 6) is -0.173. The minimum absolute atomic E-state index is 0.0231. The van der Waals surface area contributed by atoms with E-state index in [0.29, 0.717) is 0 Å².